The second kappa shape index (κ2) is 11.4. The molecule has 1 aromatic heterocycles. The van der Waals surface area contributed by atoms with Gasteiger partial charge in [-0.2, -0.15) is 13.2 Å². The topological polar surface area (TPSA) is 56.1 Å². The fourth-order valence-corrected chi connectivity index (χ4v) is 4.37. The van der Waals surface area contributed by atoms with Crippen LogP contribution in [0.1, 0.15) is 32.9 Å². The van der Waals surface area contributed by atoms with Crippen molar-refractivity contribution in [3.63, 3.8) is 0 Å². The average molecular weight is 530 g/mol. The number of carbonyl (C=O) groups excluding carboxylic acids is 1. The summed E-state index contributed by atoms with van der Waals surface area (Å²) in [6, 6.07) is 29.5. The van der Waals surface area contributed by atoms with Crippen molar-refractivity contribution in [2.45, 2.75) is 25.7 Å². The number of hydrogen-bond donors (Lipinski definition) is 1. The number of ether oxygens (including phenoxy) is 1. The van der Waals surface area contributed by atoms with Crippen molar-refractivity contribution in [3.05, 3.63) is 131 Å². The predicted octanol–water partition coefficient (Wildman–Crippen LogP) is 6.65. The van der Waals surface area contributed by atoms with Crippen LogP contribution in [0.3, 0.4) is 0 Å². The monoisotopic (exact) mass is 529 g/mol. The van der Waals surface area contributed by atoms with E-state index < -0.39 is 11.7 Å². The molecule has 0 aliphatic carbocycles. The summed E-state index contributed by atoms with van der Waals surface area (Å²) in [6.45, 7) is 0.758. The number of carbonyl (C=O) groups is 1. The molecular weight excluding hydrogens is 503 g/mol. The number of alkyl halides is 3. The maximum absolute atomic E-state index is 13.3. The van der Waals surface area contributed by atoms with Gasteiger partial charge in [0, 0.05) is 18.7 Å². The van der Waals surface area contributed by atoms with E-state index in [4.69, 9.17) is 9.72 Å². The van der Waals surface area contributed by atoms with E-state index in [0.717, 1.165) is 17.7 Å². The Balaban J connectivity index is 1.40. The van der Waals surface area contributed by atoms with E-state index in [1.807, 2.05) is 65.2 Å². The molecule has 0 unspecified atom stereocenters. The minimum absolute atomic E-state index is 0.107. The van der Waals surface area contributed by atoms with Crippen molar-refractivity contribution < 1.29 is 22.7 Å². The van der Waals surface area contributed by atoms with Crippen molar-refractivity contribution in [3.8, 4) is 5.75 Å². The van der Waals surface area contributed by atoms with Crippen LogP contribution in [-0.4, -0.2) is 22.0 Å². The minimum Gasteiger partial charge on any atom is -0.486 e. The predicted molar refractivity (Wildman–Crippen MR) is 144 cm³/mol. The Morgan fingerprint density at radius 1 is 0.846 bits per heavy atom. The summed E-state index contributed by atoms with van der Waals surface area (Å²) in [4.78, 5) is 17.5. The summed E-state index contributed by atoms with van der Waals surface area (Å²) < 4.78 is 47.7. The summed E-state index contributed by atoms with van der Waals surface area (Å²) in [7, 11) is 0. The molecule has 4 aromatic carbocycles. The first-order valence-electron chi connectivity index (χ1n) is 12.5. The van der Waals surface area contributed by atoms with Crippen LogP contribution in [0.15, 0.2) is 103 Å². The largest absolute Gasteiger partial charge is 0.486 e. The molecule has 0 saturated heterocycles. The van der Waals surface area contributed by atoms with Crippen LogP contribution in [0.5, 0.6) is 5.75 Å². The fourth-order valence-electron chi connectivity index (χ4n) is 4.37. The Labute approximate surface area is 223 Å². The van der Waals surface area contributed by atoms with Gasteiger partial charge >= 0.3 is 6.18 Å². The molecule has 0 spiro atoms. The van der Waals surface area contributed by atoms with Crippen LogP contribution in [0, 0.1) is 0 Å². The molecule has 0 fully saturated rings. The molecule has 0 aliphatic heterocycles. The number of nitrogens with one attached hydrogen (secondary N) is 1. The summed E-state index contributed by atoms with van der Waals surface area (Å²) in [5, 5.41) is 2.94. The van der Waals surface area contributed by atoms with Crippen molar-refractivity contribution in [2.24, 2.45) is 0 Å². The average Bonchev–Trinajstić information content (AvgIpc) is 3.29. The van der Waals surface area contributed by atoms with Gasteiger partial charge in [-0.15, -0.1) is 0 Å². The van der Waals surface area contributed by atoms with Crippen LogP contribution >= 0.6 is 0 Å². The lowest BCUT2D eigenvalue weighted by atomic mass is 10.1. The number of amides is 1. The number of hydrogen-bond acceptors (Lipinski definition) is 3. The zero-order valence-electron chi connectivity index (χ0n) is 21.0. The number of aromatic nitrogens is 2. The summed E-state index contributed by atoms with van der Waals surface area (Å²) in [5.41, 5.74) is 2.61. The van der Waals surface area contributed by atoms with E-state index in [0.29, 0.717) is 46.7 Å². The highest BCUT2D eigenvalue weighted by Gasteiger charge is 2.30. The van der Waals surface area contributed by atoms with Gasteiger partial charge in [0.1, 0.15) is 18.2 Å². The number of para-hydroxylation sites is 1. The molecule has 0 aliphatic rings. The van der Waals surface area contributed by atoms with Crippen LogP contribution in [-0.2, 0) is 25.7 Å². The molecule has 1 amide bonds. The third kappa shape index (κ3) is 6.46. The first kappa shape index (κ1) is 26.0. The first-order valence-corrected chi connectivity index (χ1v) is 12.5. The Hall–Kier alpha value is -4.59. The van der Waals surface area contributed by atoms with Crippen LogP contribution in [0.4, 0.5) is 13.2 Å². The van der Waals surface area contributed by atoms with Crippen molar-refractivity contribution in [2.75, 3.05) is 6.54 Å². The molecule has 8 heteroatoms. The third-order valence-electron chi connectivity index (χ3n) is 6.34. The molecule has 39 heavy (non-hydrogen) atoms. The van der Waals surface area contributed by atoms with Gasteiger partial charge < -0.3 is 14.6 Å². The Bertz CT molecular complexity index is 1570. The van der Waals surface area contributed by atoms with Gasteiger partial charge in [-0.1, -0.05) is 60.7 Å². The Kier molecular flexibility index (Phi) is 7.63. The van der Waals surface area contributed by atoms with E-state index in [1.54, 1.807) is 24.3 Å². The van der Waals surface area contributed by atoms with Crippen molar-refractivity contribution in [1.82, 2.24) is 14.9 Å². The number of nitrogens with zero attached hydrogens (tertiary/aromatic N) is 2. The molecule has 0 saturated carbocycles. The quantitative estimate of drug-likeness (QED) is 0.233. The summed E-state index contributed by atoms with van der Waals surface area (Å²) in [5.74, 6) is 0.962. The lowest BCUT2D eigenvalue weighted by Gasteiger charge is -2.13. The second-order valence-electron chi connectivity index (χ2n) is 9.11. The molecule has 1 N–H and O–H groups in total. The van der Waals surface area contributed by atoms with E-state index in [1.165, 1.54) is 6.07 Å². The van der Waals surface area contributed by atoms with Gasteiger partial charge in [0.25, 0.3) is 5.91 Å². The van der Waals surface area contributed by atoms with Crippen molar-refractivity contribution >= 4 is 16.9 Å². The maximum atomic E-state index is 13.3. The smallest absolute Gasteiger partial charge is 0.416 e. The highest BCUT2D eigenvalue weighted by atomic mass is 19.4. The normalized spacial score (nSPS) is 11.5. The SMILES string of the molecule is O=C(NCCc1ccccc1)c1ccc2c(c1)nc(COc1ccccc1)n2Cc1cccc(C(F)(F)F)c1. The molecule has 5 nitrogen and oxygen atoms in total. The van der Waals surface area contributed by atoms with Gasteiger partial charge in [0.15, 0.2) is 0 Å². The number of halogens is 3. The summed E-state index contributed by atoms with van der Waals surface area (Å²) in [6.07, 6.45) is -3.73. The molecule has 5 rings (SSSR count). The van der Waals surface area contributed by atoms with E-state index in [2.05, 4.69) is 5.32 Å². The van der Waals surface area contributed by atoms with Gasteiger partial charge in [0.2, 0.25) is 0 Å². The Morgan fingerprint density at radius 2 is 1.56 bits per heavy atom. The van der Waals surface area contributed by atoms with Gasteiger partial charge in [0.05, 0.1) is 16.6 Å². The van der Waals surface area contributed by atoms with Crippen LogP contribution in [0.2, 0.25) is 0 Å². The molecule has 0 radical (unpaired) electrons. The second-order valence-corrected chi connectivity index (χ2v) is 9.11. The first-order chi connectivity index (χ1) is 18.9. The fraction of sp³-hybridized carbons (Fsp3) is 0.161. The summed E-state index contributed by atoms with van der Waals surface area (Å²) >= 11 is 0. The van der Waals surface area contributed by atoms with E-state index in [-0.39, 0.29) is 19.1 Å². The lowest BCUT2D eigenvalue weighted by molar-refractivity contribution is -0.137. The van der Waals surface area contributed by atoms with Crippen LogP contribution in [0.25, 0.3) is 11.0 Å². The van der Waals surface area contributed by atoms with E-state index >= 15 is 0 Å². The zero-order valence-corrected chi connectivity index (χ0v) is 21.0. The standard InChI is InChI=1S/C31H26F3N3O2/c32-31(33,34)25-11-7-10-23(18-25)20-37-28-15-14-24(30(38)35-17-16-22-8-3-1-4-9-22)19-27(28)36-29(37)21-39-26-12-5-2-6-13-26/h1-15,18-19H,16-17,20-21H2,(H,35,38). The molecule has 5 aromatic rings. The molecule has 198 valence electrons. The van der Waals surface area contributed by atoms with Gasteiger partial charge in [-0.3, -0.25) is 4.79 Å². The number of rotatable bonds is 9. The van der Waals surface area contributed by atoms with E-state index in [9.17, 15) is 18.0 Å². The van der Waals surface area contributed by atoms with Gasteiger partial charge in [-0.05, 0) is 60.0 Å². The number of imidazole rings is 1. The molecule has 1 heterocycles. The lowest BCUT2D eigenvalue weighted by Crippen LogP contribution is -2.25. The number of fused-ring (bicyclic) bond motifs is 1. The number of benzene rings is 4. The highest BCUT2D eigenvalue weighted by molar-refractivity contribution is 5.97. The molecule has 0 atom stereocenters. The zero-order chi connectivity index (χ0) is 27.2. The minimum atomic E-state index is -4.44. The maximum Gasteiger partial charge on any atom is 0.416 e. The van der Waals surface area contributed by atoms with Gasteiger partial charge in [-0.25, -0.2) is 4.98 Å². The molecule has 0 bridgehead atoms. The third-order valence-corrected chi connectivity index (χ3v) is 6.34. The Morgan fingerprint density at radius 3 is 2.31 bits per heavy atom. The van der Waals surface area contributed by atoms with Crippen LogP contribution < -0.4 is 10.1 Å². The highest BCUT2D eigenvalue weighted by Crippen LogP contribution is 2.30. The van der Waals surface area contributed by atoms with Crippen molar-refractivity contribution in [1.29, 1.82) is 0 Å². The molecular formula is C31H26F3N3O2.